The van der Waals surface area contributed by atoms with Gasteiger partial charge in [0.05, 0.1) is 12.2 Å². The van der Waals surface area contributed by atoms with Crippen LogP contribution in [-0.2, 0) is 0 Å². The summed E-state index contributed by atoms with van der Waals surface area (Å²) in [6.45, 7) is 3.11. The Morgan fingerprint density at radius 3 is 2.61 bits per heavy atom. The lowest BCUT2D eigenvalue weighted by Gasteiger charge is -2.32. The Kier molecular flexibility index (Phi) is 2.86. The van der Waals surface area contributed by atoms with Gasteiger partial charge in [-0.25, -0.2) is 0 Å². The molecule has 0 bridgehead atoms. The van der Waals surface area contributed by atoms with Crippen LogP contribution in [-0.4, -0.2) is 40.5 Å². The maximum atomic E-state index is 10.1. The second-order valence-electron chi connectivity index (χ2n) is 5.06. The summed E-state index contributed by atoms with van der Waals surface area (Å²) in [5, 5.41) is 24.3. The molecular weight excluding hydrogens is 228 g/mol. The lowest BCUT2D eigenvalue weighted by molar-refractivity contribution is 0.0270. The van der Waals surface area contributed by atoms with Crippen LogP contribution in [0.4, 0.5) is 0 Å². The topological polar surface area (TPSA) is 68.3 Å². The molecule has 1 saturated heterocycles. The monoisotopic (exact) mass is 246 g/mol. The molecule has 2 heterocycles. The van der Waals surface area contributed by atoms with Gasteiger partial charge in [0.25, 0.3) is 0 Å². The number of rotatable bonds is 1. The number of aliphatic hydroxyl groups is 2. The number of aliphatic hydroxyl groups excluding tert-OH is 2. The molecular formula is C14H18N2O2. The van der Waals surface area contributed by atoms with Crippen LogP contribution in [0.25, 0.3) is 10.9 Å². The highest BCUT2D eigenvalue weighted by Gasteiger charge is 2.33. The molecule has 4 heteroatoms. The standard InChI is InChI=1S/C14H18N2O2/c1-8-3-2-4-9-10(5-16-14(8)9)13-11(17)6-15-7-12(13)18/h2-5,11-13,15-18H,6-7H2,1H3/t11-,12-/m0/s1. The van der Waals surface area contributed by atoms with Gasteiger partial charge in [-0.3, -0.25) is 0 Å². The molecule has 2 atom stereocenters. The van der Waals surface area contributed by atoms with E-state index in [1.807, 2.05) is 18.3 Å². The van der Waals surface area contributed by atoms with Crippen molar-refractivity contribution >= 4 is 10.9 Å². The van der Waals surface area contributed by atoms with Crippen molar-refractivity contribution in [3.05, 3.63) is 35.5 Å². The first-order valence-electron chi connectivity index (χ1n) is 6.32. The molecule has 1 aliphatic heterocycles. The fraction of sp³-hybridized carbons (Fsp3) is 0.429. The van der Waals surface area contributed by atoms with Gasteiger partial charge in [-0.15, -0.1) is 0 Å². The number of para-hydroxylation sites is 1. The van der Waals surface area contributed by atoms with Crippen molar-refractivity contribution in [2.24, 2.45) is 0 Å². The Morgan fingerprint density at radius 1 is 1.17 bits per heavy atom. The Balaban J connectivity index is 2.11. The molecule has 1 aromatic heterocycles. The number of aromatic amines is 1. The van der Waals surface area contributed by atoms with Crippen molar-refractivity contribution in [3.8, 4) is 0 Å². The number of piperidine rings is 1. The number of H-pyrrole nitrogens is 1. The highest BCUT2D eigenvalue weighted by Crippen LogP contribution is 2.32. The van der Waals surface area contributed by atoms with E-state index in [0.717, 1.165) is 16.5 Å². The van der Waals surface area contributed by atoms with Crippen molar-refractivity contribution in [3.63, 3.8) is 0 Å². The molecule has 0 aliphatic carbocycles. The molecule has 0 unspecified atom stereocenters. The summed E-state index contributed by atoms with van der Waals surface area (Å²) in [6, 6.07) is 6.10. The largest absolute Gasteiger partial charge is 0.391 e. The zero-order valence-corrected chi connectivity index (χ0v) is 10.4. The zero-order chi connectivity index (χ0) is 12.7. The number of fused-ring (bicyclic) bond motifs is 1. The van der Waals surface area contributed by atoms with Gasteiger partial charge in [-0.05, 0) is 18.1 Å². The second kappa shape index (κ2) is 4.39. The predicted molar refractivity (Wildman–Crippen MR) is 70.7 cm³/mol. The number of hydrogen-bond donors (Lipinski definition) is 4. The van der Waals surface area contributed by atoms with Gasteiger partial charge in [0.15, 0.2) is 0 Å². The average Bonchev–Trinajstić information content (AvgIpc) is 2.75. The first-order chi connectivity index (χ1) is 8.68. The Hall–Kier alpha value is -1.36. The van der Waals surface area contributed by atoms with E-state index in [1.54, 1.807) is 0 Å². The summed E-state index contributed by atoms with van der Waals surface area (Å²) >= 11 is 0. The van der Waals surface area contributed by atoms with Gasteiger partial charge in [0.2, 0.25) is 0 Å². The van der Waals surface area contributed by atoms with E-state index >= 15 is 0 Å². The fourth-order valence-corrected chi connectivity index (χ4v) is 2.91. The molecule has 4 nitrogen and oxygen atoms in total. The maximum absolute atomic E-state index is 10.1. The van der Waals surface area contributed by atoms with E-state index in [-0.39, 0.29) is 5.92 Å². The van der Waals surface area contributed by atoms with Crippen LogP contribution in [0, 0.1) is 6.92 Å². The molecule has 0 spiro atoms. The van der Waals surface area contributed by atoms with Crippen LogP contribution >= 0.6 is 0 Å². The average molecular weight is 246 g/mol. The minimum atomic E-state index is -0.548. The Morgan fingerprint density at radius 2 is 1.89 bits per heavy atom. The fourth-order valence-electron chi connectivity index (χ4n) is 2.91. The summed E-state index contributed by atoms with van der Waals surface area (Å²) in [5.41, 5.74) is 3.28. The van der Waals surface area contributed by atoms with E-state index in [2.05, 4.69) is 23.3 Å². The normalized spacial score (nSPS) is 25.7. The summed E-state index contributed by atoms with van der Waals surface area (Å²) < 4.78 is 0. The van der Waals surface area contributed by atoms with Crippen molar-refractivity contribution < 1.29 is 10.2 Å². The minimum Gasteiger partial charge on any atom is -0.391 e. The molecule has 1 aromatic carbocycles. The van der Waals surface area contributed by atoms with Crippen LogP contribution in [0.5, 0.6) is 0 Å². The zero-order valence-electron chi connectivity index (χ0n) is 10.4. The molecule has 0 saturated carbocycles. The van der Waals surface area contributed by atoms with Gasteiger partial charge in [-0.2, -0.15) is 0 Å². The molecule has 18 heavy (non-hydrogen) atoms. The lowest BCUT2D eigenvalue weighted by atomic mass is 9.85. The smallest absolute Gasteiger partial charge is 0.0759 e. The second-order valence-corrected chi connectivity index (χ2v) is 5.06. The molecule has 2 aromatic rings. The number of hydrogen-bond acceptors (Lipinski definition) is 3. The number of benzene rings is 1. The van der Waals surface area contributed by atoms with Crippen LogP contribution in [0.1, 0.15) is 17.0 Å². The third kappa shape index (κ3) is 1.73. The lowest BCUT2D eigenvalue weighted by Crippen LogP contribution is -2.48. The van der Waals surface area contributed by atoms with Crippen molar-refractivity contribution in [2.45, 2.75) is 25.0 Å². The number of aryl methyl sites for hydroxylation is 1. The van der Waals surface area contributed by atoms with Gasteiger partial charge in [0.1, 0.15) is 0 Å². The predicted octanol–water partition coefficient (Wildman–Crippen LogP) is 0.885. The van der Waals surface area contributed by atoms with Crippen LogP contribution in [0.2, 0.25) is 0 Å². The minimum absolute atomic E-state index is 0.221. The summed E-state index contributed by atoms with van der Waals surface area (Å²) in [4.78, 5) is 3.25. The highest BCUT2D eigenvalue weighted by atomic mass is 16.3. The summed E-state index contributed by atoms with van der Waals surface area (Å²) in [6.07, 6.45) is 0.821. The van der Waals surface area contributed by atoms with E-state index in [9.17, 15) is 10.2 Å². The summed E-state index contributed by atoms with van der Waals surface area (Å²) in [5.74, 6) is -0.221. The molecule has 96 valence electrons. The molecule has 3 rings (SSSR count). The van der Waals surface area contributed by atoms with Gasteiger partial charge in [0, 0.05) is 36.1 Å². The number of nitrogens with one attached hydrogen (secondary N) is 2. The Labute approximate surface area is 106 Å². The number of β-amino-alcohol motifs (C(OH)–C–C–N with tert-alkyl or cyclic N) is 2. The maximum Gasteiger partial charge on any atom is 0.0759 e. The van der Waals surface area contributed by atoms with E-state index in [4.69, 9.17) is 0 Å². The Bertz CT molecular complexity index is 554. The van der Waals surface area contributed by atoms with E-state index in [0.29, 0.717) is 13.1 Å². The van der Waals surface area contributed by atoms with E-state index in [1.165, 1.54) is 5.56 Å². The van der Waals surface area contributed by atoms with Crippen molar-refractivity contribution in [1.82, 2.24) is 10.3 Å². The molecule has 0 amide bonds. The summed E-state index contributed by atoms with van der Waals surface area (Å²) in [7, 11) is 0. The molecule has 0 radical (unpaired) electrons. The van der Waals surface area contributed by atoms with Crippen molar-refractivity contribution in [1.29, 1.82) is 0 Å². The van der Waals surface area contributed by atoms with Gasteiger partial charge >= 0.3 is 0 Å². The first kappa shape index (κ1) is 11.7. The quantitative estimate of drug-likeness (QED) is 0.604. The van der Waals surface area contributed by atoms with Crippen LogP contribution < -0.4 is 5.32 Å². The van der Waals surface area contributed by atoms with Crippen molar-refractivity contribution in [2.75, 3.05) is 13.1 Å². The first-order valence-corrected chi connectivity index (χ1v) is 6.32. The van der Waals surface area contributed by atoms with E-state index < -0.39 is 12.2 Å². The third-order valence-corrected chi connectivity index (χ3v) is 3.85. The molecule has 1 fully saturated rings. The third-order valence-electron chi connectivity index (χ3n) is 3.85. The van der Waals surface area contributed by atoms with Crippen LogP contribution in [0.3, 0.4) is 0 Å². The molecule has 1 aliphatic rings. The highest BCUT2D eigenvalue weighted by molar-refractivity contribution is 5.86. The van der Waals surface area contributed by atoms with Gasteiger partial charge < -0.3 is 20.5 Å². The van der Waals surface area contributed by atoms with Crippen LogP contribution in [0.15, 0.2) is 24.4 Å². The van der Waals surface area contributed by atoms with Gasteiger partial charge in [-0.1, -0.05) is 18.2 Å². The molecule has 4 N–H and O–H groups in total. The SMILES string of the molecule is Cc1cccc2c(C3[C@@H](O)CNC[C@@H]3O)c[nH]c12. The number of aromatic nitrogens is 1.